The Hall–Kier alpha value is -3.88. The molecule has 0 atom stereocenters. The number of para-hydroxylation sites is 1. The minimum absolute atomic E-state index is 0.0371. The van der Waals surface area contributed by atoms with Gasteiger partial charge in [0.2, 0.25) is 0 Å². The minimum Gasteiger partial charge on any atom is -0.319 e. The van der Waals surface area contributed by atoms with Crippen LogP contribution in [0.15, 0.2) is 72.8 Å². The summed E-state index contributed by atoms with van der Waals surface area (Å²) >= 11 is 12.2. The molecular weight excluding hydrogens is 470 g/mol. The molecule has 33 heavy (non-hydrogen) atoms. The average Bonchev–Trinajstić information content (AvgIpc) is 3.14. The largest absolute Gasteiger partial charge is 0.328 e. The fourth-order valence-corrected chi connectivity index (χ4v) is 3.46. The summed E-state index contributed by atoms with van der Waals surface area (Å²) < 4.78 is 14.2. The maximum atomic E-state index is 13.1. The molecule has 0 saturated carbocycles. The monoisotopic (exact) mass is 484 g/mol. The molecule has 3 aromatic carbocycles. The molecule has 1 heterocycles. The molecule has 0 bridgehead atoms. The van der Waals surface area contributed by atoms with Gasteiger partial charge in [-0.1, -0.05) is 35.3 Å². The van der Waals surface area contributed by atoms with Gasteiger partial charge in [0.05, 0.1) is 16.2 Å². The van der Waals surface area contributed by atoms with Crippen molar-refractivity contribution in [2.24, 2.45) is 0 Å². The quantitative estimate of drug-likeness (QED) is 0.354. The predicted molar refractivity (Wildman–Crippen MR) is 126 cm³/mol. The number of hydrogen-bond donors (Lipinski definition) is 3. The fourth-order valence-electron chi connectivity index (χ4n) is 3.10. The van der Waals surface area contributed by atoms with E-state index >= 15 is 0 Å². The van der Waals surface area contributed by atoms with Crippen molar-refractivity contribution in [3.63, 3.8) is 0 Å². The number of anilines is 2. The molecule has 0 saturated heterocycles. The standard InChI is InChI=1S/C23H15Cl2FN4O3/c24-14-5-10-19-13(11-14)12-20(21(31)28-18-4-2-1-3-17(18)25)30(19)29-23(33)22(32)27-16-8-6-15(26)7-9-16/h1-12H,(H,27,32)(H,28,31)(H,29,33). The molecule has 4 rings (SSSR count). The van der Waals surface area contributed by atoms with Crippen molar-refractivity contribution in [3.8, 4) is 0 Å². The maximum absolute atomic E-state index is 13.1. The fraction of sp³-hybridized carbons (Fsp3) is 0. The molecule has 3 amide bonds. The Labute approximate surface area is 197 Å². The van der Waals surface area contributed by atoms with Crippen LogP contribution in [0.5, 0.6) is 0 Å². The number of carbonyl (C=O) groups is 3. The van der Waals surface area contributed by atoms with Crippen LogP contribution in [-0.4, -0.2) is 22.4 Å². The summed E-state index contributed by atoms with van der Waals surface area (Å²) in [6.45, 7) is 0. The predicted octanol–water partition coefficient (Wildman–Crippen LogP) is 5.05. The lowest BCUT2D eigenvalue weighted by Crippen LogP contribution is -2.36. The van der Waals surface area contributed by atoms with Gasteiger partial charge in [-0.3, -0.25) is 19.8 Å². The van der Waals surface area contributed by atoms with E-state index in [0.717, 1.165) is 12.1 Å². The molecule has 1 aromatic heterocycles. The number of hydrogen-bond acceptors (Lipinski definition) is 3. The molecular formula is C23H15Cl2FN4O3. The molecule has 0 aliphatic rings. The summed E-state index contributed by atoms with van der Waals surface area (Å²) in [7, 11) is 0. The number of aromatic nitrogens is 1. The molecule has 0 fully saturated rings. The Bertz CT molecular complexity index is 1390. The van der Waals surface area contributed by atoms with Crippen molar-refractivity contribution in [1.29, 1.82) is 0 Å². The van der Waals surface area contributed by atoms with E-state index in [0.29, 0.717) is 26.6 Å². The number of nitrogens with one attached hydrogen (secondary N) is 3. The number of fused-ring (bicyclic) bond motifs is 1. The lowest BCUT2D eigenvalue weighted by Gasteiger charge is -2.13. The zero-order valence-electron chi connectivity index (χ0n) is 16.7. The van der Waals surface area contributed by atoms with Crippen molar-refractivity contribution in [2.45, 2.75) is 0 Å². The first-order chi connectivity index (χ1) is 15.8. The highest BCUT2D eigenvalue weighted by molar-refractivity contribution is 6.42. The highest BCUT2D eigenvalue weighted by Gasteiger charge is 2.21. The second kappa shape index (κ2) is 9.32. The zero-order chi connectivity index (χ0) is 23.5. The second-order valence-electron chi connectivity index (χ2n) is 6.90. The molecule has 166 valence electrons. The number of rotatable bonds is 4. The number of nitrogens with zero attached hydrogens (tertiary/aromatic N) is 1. The Balaban J connectivity index is 1.63. The molecule has 0 unspecified atom stereocenters. The van der Waals surface area contributed by atoms with Crippen LogP contribution in [-0.2, 0) is 9.59 Å². The highest BCUT2D eigenvalue weighted by atomic mass is 35.5. The van der Waals surface area contributed by atoms with Gasteiger partial charge in [-0.05, 0) is 60.7 Å². The van der Waals surface area contributed by atoms with Gasteiger partial charge in [-0.2, -0.15) is 0 Å². The lowest BCUT2D eigenvalue weighted by molar-refractivity contribution is -0.133. The van der Waals surface area contributed by atoms with Crippen LogP contribution in [0.3, 0.4) is 0 Å². The summed E-state index contributed by atoms with van der Waals surface area (Å²) in [6.07, 6.45) is 0. The van der Waals surface area contributed by atoms with Gasteiger partial charge in [0.15, 0.2) is 0 Å². The van der Waals surface area contributed by atoms with Crippen molar-refractivity contribution >= 4 is 63.2 Å². The van der Waals surface area contributed by atoms with Crippen molar-refractivity contribution in [1.82, 2.24) is 4.68 Å². The maximum Gasteiger partial charge on any atom is 0.328 e. The summed E-state index contributed by atoms with van der Waals surface area (Å²) in [5, 5.41) is 6.37. The smallest absolute Gasteiger partial charge is 0.319 e. The van der Waals surface area contributed by atoms with Crippen LogP contribution < -0.4 is 16.1 Å². The normalized spacial score (nSPS) is 10.6. The molecule has 0 spiro atoms. The van der Waals surface area contributed by atoms with Gasteiger partial charge >= 0.3 is 11.8 Å². The number of amides is 3. The van der Waals surface area contributed by atoms with E-state index in [4.69, 9.17) is 23.2 Å². The van der Waals surface area contributed by atoms with Crippen LogP contribution in [0.25, 0.3) is 10.9 Å². The van der Waals surface area contributed by atoms with Crippen LogP contribution in [0.4, 0.5) is 15.8 Å². The van der Waals surface area contributed by atoms with E-state index in [-0.39, 0.29) is 11.4 Å². The van der Waals surface area contributed by atoms with E-state index in [1.54, 1.807) is 42.5 Å². The number of halogens is 3. The number of benzene rings is 3. The van der Waals surface area contributed by atoms with E-state index < -0.39 is 23.5 Å². The summed E-state index contributed by atoms with van der Waals surface area (Å²) in [4.78, 5) is 37.9. The SMILES string of the molecule is O=C(Nc1ccc(F)cc1)C(=O)Nn1c(C(=O)Nc2ccccc2Cl)cc2cc(Cl)ccc21. The van der Waals surface area contributed by atoms with E-state index in [1.165, 1.54) is 22.9 Å². The first kappa shape index (κ1) is 22.3. The Morgan fingerprint density at radius 1 is 0.818 bits per heavy atom. The van der Waals surface area contributed by atoms with Gasteiger partial charge in [0.1, 0.15) is 11.5 Å². The first-order valence-electron chi connectivity index (χ1n) is 9.56. The van der Waals surface area contributed by atoms with Gasteiger partial charge in [-0.25, -0.2) is 9.07 Å². The minimum atomic E-state index is -1.04. The molecule has 4 aromatic rings. The second-order valence-corrected chi connectivity index (χ2v) is 7.75. The Kier molecular flexibility index (Phi) is 6.30. The van der Waals surface area contributed by atoms with Gasteiger partial charge < -0.3 is 10.6 Å². The summed E-state index contributed by atoms with van der Waals surface area (Å²) in [5.74, 6) is -3.10. The van der Waals surface area contributed by atoms with Crippen LogP contribution >= 0.6 is 23.2 Å². The molecule has 0 radical (unpaired) electrons. The summed E-state index contributed by atoms with van der Waals surface area (Å²) in [6, 6.07) is 17.9. The highest BCUT2D eigenvalue weighted by Crippen LogP contribution is 2.25. The van der Waals surface area contributed by atoms with Crippen molar-refractivity contribution in [2.75, 3.05) is 16.1 Å². The van der Waals surface area contributed by atoms with E-state index in [9.17, 15) is 18.8 Å². The van der Waals surface area contributed by atoms with Gasteiger partial charge in [-0.15, -0.1) is 0 Å². The Morgan fingerprint density at radius 3 is 2.27 bits per heavy atom. The molecule has 0 aliphatic carbocycles. The molecule has 7 nitrogen and oxygen atoms in total. The van der Waals surface area contributed by atoms with E-state index in [1.807, 2.05) is 0 Å². The topological polar surface area (TPSA) is 92.2 Å². The van der Waals surface area contributed by atoms with Crippen molar-refractivity contribution in [3.05, 3.63) is 94.4 Å². The first-order valence-corrected chi connectivity index (χ1v) is 10.3. The van der Waals surface area contributed by atoms with Crippen molar-refractivity contribution < 1.29 is 18.8 Å². The molecule has 3 N–H and O–H groups in total. The van der Waals surface area contributed by atoms with Crippen LogP contribution in [0.1, 0.15) is 10.5 Å². The zero-order valence-corrected chi connectivity index (χ0v) is 18.2. The van der Waals surface area contributed by atoms with Gasteiger partial charge in [0, 0.05) is 16.1 Å². The van der Waals surface area contributed by atoms with Gasteiger partial charge in [0.25, 0.3) is 5.91 Å². The Morgan fingerprint density at radius 2 is 1.55 bits per heavy atom. The van der Waals surface area contributed by atoms with Crippen LogP contribution in [0, 0.1) is 5.82 Å². The third-order valence-corrected chi connectivity index (χ3v) is 5.20. The third-order valence-electron chi connectivity index (χ3n) is 4.64. The van der Waals surface area contributed by atoms with Crippen LogP contribution in [0.2, 0.25) is 10.0 Å². The number of carbonyl (C=O) groups excluding carboxylic acids is 3. The van der Waals surface area contributed by atoms with E-state index in [2.05, 4.69) is 16.1 Å². The molecule has 10 heteroatoms. The third kappa shape index (κ3) is 4.97. The summed E-state index contributed by atoms with van der Waals surface area (Å²) in [5.41, 5.74) is 3.50. The lowest BCUT2D eigenvalue weighted by atomic mass is 10.2. The molecule has 0 aliphatic heterocycles. The average molecular weight is 485 g/mol.